The van der Waals surface area contributed by atoms with E-state index in [9.17, 15) is 4.79 Å². The Morgan fingerprint density at radius 3 is 2.41 bits per heavy atom. The minimum Gasteiger partial charge on any atom is -0.483 e. The minimum absolute atomic E-state index is 0.0713. The quantitative estimate of drug-likeness (QED) is 0.402. The first-order valence-electron chi connectivity index (χ1n) is 10.5. The Balaban J connectivity index is 1.50. The molecule has 0 atom stereocenters. The van der Waals surface area contributed by atoms with E-state index in [-0.39, 0.29) is 12.5 Å². The van der Waals surface area contributed by atoms with E-state index >= 15 is 0 Å². The maximum absolute atomic E-state index is 12.6. The fraction of sp³-hybridized carbons (Fsp3) is 0.240. The first-order valence-corrected chi connectivity index (χ1v) is 10.8. The van der Waals surface area contributed by atoms with E-state index in [1.165, 1.54) is 0 Å². The van der Waals surface area contributed by atoms with E-state index < -0.39 is 0 Å². The van der Waals surface area contributed by atoms with Gasteiger partial charge in [0.25, 0.3) is 5.91 Å². The molecule has 0 unspecified atom stereocenters. The first kappa shape index (κ1) is 21.8. The summed E-state index contributed by atoms with van der Waals surface area (Å²) in [6, 6.07) is 17.1. The number of halogens is 1. The normalized spacial score (nSPS) is 11.2. The van der Waals surface area contributed by atoms with Crippen LogP contribution >= 0.6 is 11.6 Å². The van der Waals surface area contributed by atoms with Crippen LogP contribution in [0.4, 0.5) is 5.69 Å². The van der Waals surface area contributed by atoms with Crippen LogP contribution in [-0.2, 0) is 4.79 Å². The lowest BCUT2D eigenvalue weighted by molar-refractivity contribution is -0.118. The molecule has 0 aliphatic carbocycles. The summed E-state index contributed by atoms with van der Waals surface area (Å²) >= 11 is 5.96. The third-order valence-electron chi connectivity index (χ3n) is 5.21. The van der Waals surface area contributed by atoms with Crippen molar-refractivity contribution in [1.29, 1.82) is 0 Å². The average molecular weight is 449 g/mol. The predicted octanol–water partition coefficient (Wildman–Crippen LogP) is 5.83. The van der Waals surface area contributed by atoms with Crippen LogP contribution in [0.5, 0.6) is 5.75 Å². The number of nitrogens with zero attached hydrogens (tertiary/aromatic N) is 3. The zero-order valence-electron chi connectivity index (χ0n) is 18.5. The molecule has 0 aliphatic rings. The molecule has 1 N–H and O–H groups in total. The van der Waals surface area contributed by atoms with Gasteiger partial charge >= 0.3 is 0 Å². The summed E-state index contributed by atoms with van der Waals surface area (Å²) < 4.78 is 5.86. The van der Waals surface area contributed by atoms with E-state index in [0.29, 0.717) is 22.1 Å². The van der Waals surface area contributed by atoms with Gasteiger partial charge in [0.05, 0.1) is 5.69 Å². The fourth-order valence-corrected chi connectivity index (χ4v) is 3.59. The number of rotatable bonds is 6. The van der Waals surface area contributed by atoms with Crippen LogP contribution in [0.1, 0.15) is 36.5 Å². The highest BCUT2D eigenvalue weighted by Crippen LogP contribution is 2.28. The number of hydrogen-bond acceptors (Lipinski definition) is 4. The number of carbonyl (C=O) groups is 1. The van der Waals surface area contributed by atoms with Crippen LogP contribution in [-0.4, -0.2) is 27.5 Å². The molecule has 0 radical (unpaired) electrons. The Labute approximate surface area is 192 Å². The standard InChI is InChI=1S/C25H25ClN4O2/c1-15(2)20-10-5-16(3)11-24(20)32-14-25(31)27-21-13-23-22(12-17(21)4)28-30(29-23)19-8-6-18(26)7-9-19/h5-13,15H,14H2,1-4H3,(H,27,31). The van der Waals surface area contributed by atoms with Gasteiger partial charge in [0.15, 0.2) is 6.61 Å². The Bertz CT molecular complexity index is 1280. The highest BCUT2D eigenvalue weighted by molar-refractivity contribution is 6.30. The number of hydrogen-bond donors (Lipinski definition) is 1. The molecule has 164 valence electrons. The SMILES string of the molecule is Cc1ccc(C(C)C)c(OCC(=O)Nc2cc3nn(-c4ccc(Cl)cc4)nc3cc2C)c1. The van der Waals surface area contributed by atoms with E-state index in [2.05, 4.69) is 41.5 Å². The van der Waals surface area contributed by atoms with E-state index in [4.69, 9.17) is 16.3 Å². The van der Waals surface area contributed by atoms with Crippen molar-refractivity contribution < 1.29 is 9.53 Å². The molecule has 3 aromatic carbocycles. The van der Waals surface area contributed by atoms with Gasteiger partial charge in [0.2, 0.25) is 0 Å². The molecule has 1 amide bonds. The van der Waals surface area contributed by atoms with Gasteiger partial charge in [0.1, 0.15) is 16.8 Å². The molecule has 0 fully saturated rings. The van der Waals surface area contributed by atoms with Gasteiger partial charge in [-0.15, -0.1) is 10.2 Å². The van der Waals surface area contributed by atoms with Crippen molar-refractivity contribution in [2.45, 2.75) is 33.6 Å². The molecule has 32 heavy (non-hydrogen) atoms. The molecule has 1 aromatic heterocycles. The van der Waals surface area contributed by atoms with Crippen molar-refractivity contribution in [2.75, 3.05) is 11.9 Å². The van der Waals surface area contributed by atoms with Gasteiger partial charge in [-0.05, 0) is 78.9 Å². The number of benzene rings is 3. The molecule has 0 aliphatic heterocycles. The molecule has 0 saturated carbocycles. The lowest BCUT2D eigenvalue weighted by Crippen LogP contribution is -2.21. The second kappa shape index (κ2) is 9.01. The number of amides is 1. The van der Waals surface area contributed by atoms with Crippen molar-refractivity contribution >= 4 is 34.2 Å². The van der Waals surface area contributed by atoms with Crippen LogP contribution in [0.2, 0.25) is 5.02 Å². The number of aryl methyl sites for hydroxylation is 2. The Morgan fingerprint density at radius 1 is 1.03 bits per heavy atom. The first-order chi connectivity index (χ1) is 15.3. The van der Waals surface area contributed by atoms with Gasteiger partial charge in [0, 0.05) is 10.7 Å². The van der Waals surface area contributed by atoms with Gasteiger partial charge in [-0.2, -0.15) is 4.80 Å². The van der Waals surface area contributed by atoms with Crippen LogP contribution in [0.3, 0.4) is 0 Å². The summed E-state index contributed by atoms with van der Waals surface area (Å²) in [6.45, 7) is 8.07. The van der Waals surface area contributed by atoms with E-state index in [0.717, 1.165) is 33.6 Å². The molecular formula is C25H25ClN4O2. The maximum Gasteiger partial charge on any atom is 0.262 e. The highest BCUT2D eigenvalue weighted by Gasteiger charge is 2.13. The number of nitrogens with one attached hydrogen (secondary N) is 1. The van der Waals surface area contributed by atoms with Crippen molar-refractivity contribution in [2.24, 2.45) is 0 Å². The lowest BCUT2D eigenvalue weighted by atomic mass is 10.0. The highest BCUT2D eigenvalue weighted by atomic mass is 35.5. The minimum atomic E-state index is -0.228. The number of aromatic nitrogens is 3. The predicted molar refractivity (Wildman–Crippen MR) is 128 cm³/mol. The van der Waals surface area contributed by atoms with E-state index in [1.807, 2.05) is 44.2 Å². The smallest absolute Gasteiger partial charge is 0.262 e. The number of ether oxygens (including phenoxy) is 1. The van der Waals surface area contributed by atoms with Crippen molar-refractivity contribution in [3.63, 3.8) is 0 Å². The lowest BCUT2D eigenvalue weighted by Gasteiger charge is -2.15. The van der Waals surface area contributed by atoms with Crippen LogP contribution in [0.15, 0.2) is 54.6 Å². The summed E-state index contributed by atoms with van der Waals surface area (Å²) in [7, 11) is 0. The Morgan fingerprint density at radius 2 is 1.72 bits per heavy atom. The van der Waals surface area contributed by atoms with Gasteiger partial charge in [-0.25, -0.2) is 0 Å². The third-order valence-corrected chi connectivity index (χ3v) is 5.46. The monoisotopic (exact) mass is 448 g/mol. The van der Waals surface area contributed by atoms with Crippen molar-refractivity contribution in [3.8, 4) is 11.4 Å². The molecule has 6 nitrogen and oxygen atoms in total. The van der Waals surface area contributed by atoms with Gasteiger partial charge in [-0.3, -0.25) is 4.79 Å². The maximum atomic E-state index is 12.6. The second-order valence-corrected chi connectivity index (χ2v) is 8.59. The number of anilines is 1. The zero-order chi connectivity index (χ0) is 22.8. The van der Waals surface area contributed by atoms with Gasteiger partial charge in [-0.1, -0.05) is 37.6 Å². The molecule has 7 heteroatoms. The third kappa shape index (κ3) is 4.75. The number of fused-ring (bicyclic) bond motifs is 1. The summed E-state index contributed by atoms with van der Waals surface area (Å²) in [5, 5.41) is 12.7. The van der Waals surface area contributed by atoms with Crippen LogP contribution in [0.25, 0.3) is 16.7 Å². The largest absolute Gasteiger partial charge is 0.483 e. The van der Waals surface area contributed by atoms with Crippen LogP contribution in [0, 0.1) is 13.8 Å². The zero-order valence-corrected chi connectivity index (χ0v) is 19.3. The Hall–Kier alpha value is -3.38. The molecule has 1 heterocycles. The van der Waals surface area contributed by atoms with Crippen molar-refractivity contribution in [3.05, 3.63) is 76.3 Å². The molecule has 4 rings (SSSR count). The number of carbonyl (C=O) groups excluding carboxylic acids is 1. The molecular weight excluding hydrogens is 424 g/mol. The molecule has 0 spiro atoms. The molecule has 0 bridgehead atoms. The summed E-state index contributed by atoms with van der Waals surface area (Å²) in [5.41, 5.74) is 5.99. The van der Waals surface area contributed by atoms with E-state index in [1.54, 1.807) is 16.9 Å². The van der Waals surface area contributed by atoms with Crippen molar-refractivity contribution in [1.82, 2.24) is 15.0 Å². The fourth-order valence-electron chi connectivity index (χ4n) is 3.47. The Kier molecular flexibility index (Phi) is 6.15. The summed E-state index contributed by atoms with van der Waals surface area (Å²) in [6.07, 6.45) is 0. The molecule has 4 aromatic rings. The molecule has 0 saturated heterocycles. The van der Waals surface area contributed by atoms with Gasteiger partial charge < -0.3 is 10.1 Å². The topological polar surface area (TPSA) is 69.0 Å². The average Bonchev–Trinajstić information content (AvgIpc) is 3.15. The summed E-state index contributed by atoms with van der Waals surface area (Å²) in [4.78, 5) is 14.2. The second-order valence-electron chi connectivity index (χ2n) is 8.15. The summed E-state index contributed by atoms with van der Waals surface area (Å²) in [5.74, 6) is 0.823. The van der Waals surface area contributed by atoms with Crippen LogP contribution < -0.4 is 10.1 Å².